The first-order valence-electron chi connectivity index (χ1n) is 6.97. The van der Waals surface area contributed by atoms with Gasteiger partial charge in [-0.1, -0.05) is 15.9 Å². The van der Waals surface area contributed by atoms with Crippen LogP contribution in [-0.2, 0) is 9.84 Å². The van der Waals surface area contributed by atoms with E-state index in [2.05, 4.69) is 21.2 Å². The number of ether oxygens (including phenoxy) is 1. The van der Waals surface area contributed by atoms with Crippen LogP contribution in [0.2, 0.25) is 0 Å². The van der Waals surface area contributed by atoms with Gasteiger partial charge >= 0.3 is 6.03 Å². The second-order valence-electron chi connectivity index (χ2n) is 5.20. The smallest absolute Gasteiger partial charge is 0.317 e. The molecule has 1 aromatic rings. The molecule has 0 spiro atoms. The molecular formula is C14H19BrN2O4S. The van der Waals surface area contributed by atoms with Gasteiger partial charge in [0.05, 0.1) is 18.1 Å². The summed E-state index contributed by atoms with van der Waals surface area (Å²) in [4.78, 5) is 13.4. The number of amides is 2. The molecule has 1 aliphatic heterocycles. The van der Waals surface area contributed by atoms with Crippen molar-refractivity contribution in [3.05, 3.63) is 28.7 Å². The molecule has 0 aliphatic carbocycles. The van der Waals surface area contributed by atoms with E-state index in [0.717, 1.165) is 10.2 Å². The molecule has 1 unspecified atom stereocenters. The minimum absolute atomic E-state index is 0.0479. The fourth-order valence-electron chi connectivity index (χ4n) is 2.23. The molecule has 122 valence electrons. The number of hydrogen-bond donors (Lipinski definition) is 1. The number of benzene rings is 1. The maximum Gasteiger partial charge on any atom is 0.317 e. The standard InChI is InChI=1S/C14H19BrN2O4S/c1-17(12-6-9-22(19,20)10-12)14(18)16-7-8-21-13-4-2-11(15)3-5-13/h2-5,12H,6-10H2,1H3,(H,16,18). The molecule has 22 heavy (non-hydrogen) atoms. The second kappa shape index (κ2) is 7.32. The van der Waals surface area contributed by atoms with Crippen molar-refractivity contribution < 1.29 is 17.9 Å². The summed E-state index contributed by atoms with van der Waals surface area (Å²) in [5.41, 5.74) is 0. The molecule has 0 bridgehead atoms. The van der Waals surface area contributed by atoms with Gasteiger partial charge in [0.2, 0.25) is 0 Å². The third-order valence-electron chi connectivity index (χ3n) is 3.54. The molecule has 1 saturated heterocycles. The van der Waals surface area contributed by atoms with E-state index in [1.165, 1.54) is 4.90 Å². The van der Waals surface area contributed by atoms with Gasteiger partial charge < -0.3 is 15.0 Å². The lowest BCUT2D eigenvalue weighted by molar-refractivity contribution is 0.192. The third kappa shape index (κ3) is 4.88. The fraction of sp³-hybridized carbons (Fsp3) is 0.500. The largest absolute Gasteiger partial charge is 0.492 e. The van der Waals surface area contributed by atoms with E-state index >= 15 is 0 Å². The lowest BCUT2D eigenvalue weighted by Gasteiger charge is -2.23. The molecule has 1 N–H and O–H groups in total. The second-order valence-corrected chi connectivity index (χ2v) is 8.35. The van der Waals surface area contributed by atoms with Crippen LogP contribution in [-0.4, -0.2) is 57.1 Å². The lowest BCUT2D eigenvalue weighted by atomic mass is 10.2. The Morgan fingerprint density at radius 3 is 2.68 bits per heavy atom. The molecule has 1 aromatic carbocycles. The molecule has 0 radical (unpaired) electrons. The number of sulfone groups is 1. The molecule has 1 fully saturated rings. The summed E-state index contributed by atoms with van der Waals surface area (Å²) >= 11 is 3.34. The van der Waals surface area contributed by atoms with Crippen LogP contribution in [0.1, 0.15) is 6.42 Å². The topological polar surface area (TPSA) is 75.7 Å². The van der Waals surface area contributed by atoms with Crippen LogP contribution in [0.15, 0.2) is 28.7 Å². The zero-order valence-electron chi connectivity index (χ0n) is 12.3. The summed E-state index contributed by atoms with van der Waals surface area (Å²) in [6, 6.07) is 6.91. The number of nitrogens with zero attached hydrogens (tertiary/aromatic N) is 1. The Labute approximate surface area is 138 Å². The molecule has 8 heteroatoms. The van der Waals surface area contributed by atoms with Gasteiger partial charge in [0, 0.05) is 17.6 Å². The molecule has 2 rings (SSSR count). The average molecular weight is 391 g/mol. The number of carbonyl (C=O) groups excluding carboxylic acids is 1. The number of halogens is 1. The van der Waals surface area contributed by atoms with Gasteiger partial charge in [0.25, 0.3) is 0 Å². The quantitative estimate of drug-likeness (QED) is 0.775. The maximum absolute atomic E-state index is 12.0. The Bertz CT molecular complexity index is 618. The molecule has 0 saturated carbocycles. The number of rotatable bonds is 5. The predicted octanol–water partition coefficient (Wildman–Crippen LogP) is 1.66. The zero-order valence-corrected chi connectivity index (χ0v) is 14.7. The van der Waals surface area contributed by atoms with E-state index < -0.39 is 9.84 Å². The van der Waals surface area contributed by atoms with Gasteiger partial charge in [-0.05, 0) is 30.7 Å². The van der Waals surface area contributed by atoms with Gasteiger partial charge in [-0.2, -0.15) is 0 Å². The summed E-state index contributed by atoms with van der Waals surface area (Å²) in [6.07, 6.45) is 0.502. The maximum atomic E-state index is 12.0. The first-order chi connectivity index (χ1) is 10.4. The third-order valence-corrected chi connectivity index (χ3v) is 5.82. The molecule has 1 atom stereocenters. The van der Waals surface area contributed by atoms with E-state index in [-0.39, 0.29) is 23.6 Å². The van der Waals surface area contributed by atoms with Gasteiger partial charge in [0.1, 0.15) is 12.4 Å². The average Bonchev–Trinajstić information content (AvgIpc) is 2.84. The normalized spacial score (nSPS) is 19.6. The van der Waals surface area contributed by atoms with Crippen LogP contribution < -0.4 is 10.1 Å². The Morgan fingerprint density at radius 2 is 2.09 bits per heavy atom. The highest BCUT2D eigenvalue weighted by Gasteiger charge is 2.32. The predicted molar refractivity (Wildman–Crippen MR) is 87.9 cm³/mol. The van der Waals surface area contributed by atoms with Crippen LogP contribution in [0.3, 0.4) is 0 Å². The van der Waals surface area contributed by atoms with E-state index in [0.29, 0.717) is 19.6 Å². The Balaban J connectivity index is 1.70. The highest BCUT2D eigenvalue weighted by molar-refractivity contribution is 9.10. The van der Waals surface area contributed by atoms with Crippen LogP contribution in [0.5, 0.6) is 5.75 Å². The van der Waals surface area contributed by atoms with Crippen molar-refractivity contribution in [1.29, 1.82) is 0 Å². The fourth-order valence-corrected chi connectivity index (χ4v) is 4.27. The molecule has 1 aliphatic rings. The van der Waals surface area contributed by atoms with Crippen molar-refractivity contribution in [2.45, 2.75) is 12.5 Å². The first-order valence-corrected chi connectivity index (χ1v) is 9.58. The van der Waals surface area contributed by atoms with E-state index in [4.69, 9.17) is 4.74 Å². The van der Waals surface area contributed by atoms with E-state index in [1.54, 1.807) is 7.05 Å². The van der Waals surface area contributed by atoms with Crippen LogP contribution >= 0.6 is 15.9 Å². The number of hydrogen-bond acceptors (Lipinski definition) is 4. The van der Waals surface area contributed by atoms with Crippen molar-refractivity contribution in [2.24, 2.45) is 0 Å². The summed E-state index contributed by atoms with van der Waals surface area (Å²) < 4.78 is 29.3. The van der Waals surface area contributed by atoms with Gasteiger partial charge in [-0.3, -0.25) is 0 Å². The van der Waals surface area contributed by atoms with Gasteiger partial charge in [-0.25, -0.2) is 13.2 Å². The van der Waals surface area contributed by atoms with E-state index in [1.807, 2.05) is 24.3 Å². The number of urea groups is 1. The highest BCUT2D eigenvalue weighted by atomic mass is 79.9. The van der Waals surface area contributed by atoms with Crippen LogP contribution in [0, 0.1) is 0 Å². The Morgan fingerprint density at radius 1 is 1.41 bits per heavy atom. The lowest BCUT2D eigenvalue weighted by Crippen LogP contribution is -2.45. The van der Waals surface area contributed by atoms with Gasteiger partial charge in [-0.15, -0.1) is 0 Å². The summed E-state index contributed by atoms with van der Waals surface area (Å²) in [6.45, 7) is 0.711. The van der Waals surface area contributed by atoms with Crippen molar-refractivity contribution in [3.63, 3.8) is 0 Å². The van der Waals surface area contributed by atoms with Crippen LogP contribution in [0.4, 0.5) is 4.79 Å². The summed E-state index contributed by atoms with van der Waals surface area (Å²) in [5, 5.41) is 2.73. The minimum atomic E-state index is -2.99. The molecule has 1 heterocycles. The van der Waals surface area contributed by atoms with Gasteiger partial charge in [0.15, 0.2) is 9.84 Å². The summed E-state index contributed by atoms with van der Waals surface area (Å²) in [5.74, 6) is 0.932. The first kappa shape index (κ1) is 17.1. The SMILES string of the molecule is CN(C(=O)NCCOc1ccc(Br)cc1)C1CCS(=O)(=O)C1. The highest BCUT2D eigenvalue weighted by Crippen LogP contribution is 2.17. The van der Waals surface area contributed by atoms with E-state index in [9.17, 15) is 13.2 Å². The number of nitrogens with one attached hydrogen (secondary N) is 1. The molecular weight excluding hydrogens is 372 g/mol. The zero-order chi connectivity index (χ0) is 16.2. The Kier molecular flexibility index (Phi) is 5.69. The van der Waals surface area contributed by atoms with Crippen LogP contribution in [0.25, 0.3) is 0 Å². The summed E-state index contributed by atoms with van der Waals surface area (Å²) in [7, 11) is -1.37. The van der Waals surface area contributed by atoms with Crippen molar-refractivity contribution in [1.82, 2.24) is 10.2 Å². The molecule has 6 nitrogen and oxygen atoms in total. The minimum Gasteiger partial charge on any atom is -0.492 e. The molecule has 2 amide bonds. The van der Waals surface area contributed by atoms with Crippen molar-refractivity contribution in [3.8, 4) is 5.75 Å². The monoisotopic (exact) mass is 390 g/mol. The Hall–Kier alpha value is -1.28. The van der Waals surface area contributed by atoms with Crippen molar-refractivity contribution >= 4 is 31.8 Å². The number of carbonyl (C=O) groups is 1. The molecule has 0 aromatic heterocycles. The van der Waals surface area contributed by atoms with Crippen molar-refractivity contribution in [2.75, 3.05) is 31.7 Å².